The van der Waals surface area contributed by atoms with E-state index in [2.05, 4.69) is 5.32 Å². The summed E-state index contributed by atoms with van der Waals surface area (Å²) in [5, 5.41) is 11.4. The van der Waals surface area contributed by atoms with Crippen molar-refractivity contribution >= 4 is 23.8 Å². The lowest BCUT2D eigenvalue weighted by molar-refractivity contribution is -0.147. The van der Waals surface area contributed by atoms with Crippen LogP contribution >= 0.6 is 0 Å². The molecule has 2 N–H and O–H groups in total. The van der Waals surface area contributed by atoms with Crippen LogP contribution in [0.2, 0.25) is 0 Å². The summed E-state index contributed by atoms with van der Waals surface area (Å²) in [7, 11) is 1.33. The molecule has 21 heavy (non-hydrogen) atoms. The summed E-state index contributed by atoms with van der Waals surface area (Å²) in [4.78, 5) is 49.2. The first kappa shape index (κ1) is 15.3. The van der Waals surface area contributed by atoms with Crippen LogP contribution < -0.4 is 5.32 Å². The van der Waals surface area contributed by atoms with E-state index in [1.807, 2.05) is 0 Å². The first-order chi connectivity index (χ1) is 9.78. The van der Waals surface area contributed by atoms with Gasteiger partial charge < -0.3 is 15.3 Å². The molecule has 1 unspecified atom stereocenters. The maximum absolute atomic E-state index is 12.5. The molecule has 2 rings (SSSR count). The molecule has 1 saturated carbocycles. The second-order valence-electron chi connectivity index (χ2n) is 5.66. The molecular weight excluding hydrogens is 278 g/mol. The van der Waals surface area contributed by atoms with E-state index >= 15 is 0 Å². The minimum absolute atomic E-state index is 0.380. The minimum Gasteiger partial charge on any atom is -0.480 e. The number of hydrogen-bond donors (Lipinski definition) is 2. The van der Waals surface area contributed by atoms with E-state index in [1.54, 1.807) is 0 Å². The lowest BCUT2D eigenvalue weighted by atomic mass is 9.97. The van der Waals surface area contributed by atoms with Crippen LogP contribution in [0.5, 0.6) is 0 Å². The Balaban J connectivity index is 2.13. The zero-order chi connectivity index (χ0) is 15.8. The van der Waals surface area contributed by atoms with Gasteiger partial charge in [0, 0.05) is 7.05 Å². The van der Waals surface area contributed by atoms with Gasteiger partial charge in [-0.05, 0) is 19.8 Å². The number of urea groups is 1. The Kier molecular flexibility index (Phi) is 3.89. The van der Waals surface area contributed by atoms with Crippen molar-refractivity contribution in [1.29, 1.82) is 0 Å². The molecule has 116 valence electrons. The van der Waals surface area contributed by atoms with Crippen molar-refractivity contribution in [3.8, 4) is 0 Å². The summed E-state index contributed by atoms with van der Waals surface area (Å²) in [6.45, 7) is 0.962. The molecule has 2 fully saturated rings. The summed E-state index contributed by atoms with van der Waals surface area (Å²) < 4.78 is 0. The van der Waals surface area contributed by atoms with Crippen LogP contribution in [-0.2, 0) is 14.4 Å². The highest BCUT2D eigenvalue weighted by Gasteiger charge is 2.54. The second-order valence-corrected chi connectivity index (χ2v) is 5.66. The first-order valence-electron chi connectivity index (χ1n) is 6.91. The van der Waals surface area contributed by atoms with Crippen molar-refractivity contribution in [3.05, 3.63) is 0 Å². The standard InChI is InChI=1S/C13H19N3O5/c1-8(10(19)15(2)7-9(17)18)16-11(20)13(14-12(16)21)5-3-4-6-13/h8H,3-7H2,1-2H3,(H,14,21)(H,17,18). The molecule has 1 heterocycles. The van der Waals surface area contributed by atoms with Crippen LogP contribution in [0.1, 0.15) is 32.6 Å². The molecule has 4 amide bonds. The molecule has 1 saturated heterocycles. The van der Waals surface area contributed by atoms with Gasteiger partial charge in [0.25, 0.3) is 5.91 Å². The molecule has 0 aromatic rings. The fourth-order valence-corrected chi connectivity index (χ4v) is 3.02. The van der Waals surface area contributed by atoms with E-state index in [0.717, 1.165) is 22.6 Å². The Hall–Kier alpha value is -2.12. The van der Waals surface area contributed by atoms with Gasteiger partial charge in [-0.3, -0.25) is 14.4 Å². The van der Waals surface area contributed by atoms with E-state index < -0.39 is 36.0 Å². The third-order valence-corrected chi connectivity index (χ3v) is 4.14. The van der Waals surface area contributed by atoms with Crippen LogP contribution in [-0.4, -0.2) is 63.9 Å². The van der Waals surface area contributed by atoms with Crippen LogP contribution in [0.3, 0.4) is 0 Å². The average Bonchev–Trinajstić information content (AvgIpc) is 2.94. The number of imide groups is 1. The zero-order valence-corrected chi connectivity index (χ0v) is 12.1. The van der Waals surface area contributed by atoms with Crippen molar-refractivity contribution in [1.82, 2.24) is 15.1 Å². The van der Waals surface area contributed by atoms with E-state index in [4.69, 9.17) is 5.11 Å². The van der Waals surface area contributed by atoms with Crippen LogP contribution in [0, 0.1) is 0 Å². The molecule has 8 nitrogen and oxygen atoms in total. The molecule has 8 heteroatoms. The number of carbonyl (C=O) groups excluding carboxylic acids is 3. The Morgan fingerprint density at radius 2 is 1.95 bits per heavy atom. The normalized spacial score (nSPS) is 21.5. The maximum Gasteiger partial charge on any atom is 0.325 e. The van der Waals surface area contributed by atoms with Crippen molar-refractivity contribution < 1.29 is 24.3 Å². The number of carboxylic acid groups (broad SMARTS) is 1. The van der Waals surface area contributed by atoms with Gasteiger partial charge in [0.15, 0.2) is 0 Å². The summed E-state index contributed by atoms with van der Waals surface area (Å²) in [6.07, 6.45) is 2.89. The lowest BCUT2D eigenvalue weighted by Crippen LogP contribution is -2.51. The highest BCUT2D eigenvalue weighted by Crippen LogP contribution is 2.35. The number of carbonyl (C=O) groups is 4. The van der Waals surface area contributed by atoms with E-state index in [-0.39, 0.29) is 5.91 Å². The monoisotopic (exact) mass is 297 g/mol. The van der Waals surface area contributed by atoms with Crippen molar-refractivity contribution in [3.63, 3.8) is 0 Å². The summed E-state index contributed by atoms with van der Waals surface area (Å²) in [5.74, 6) is -2.10. The quantitative estimate of drug-likeness (QED) is 0.698. The number of carboxylic acids is 1. The Morgan fingerprint density at radius 1 is 1.38 bits per heavy atom. The molecule has 1 atom stereocenters. The van der Waals surface area contributed by atoms with Gasteiger partial charge >= 0.3 is 12.0 Å². The summed E-state index contributed by atoms with van der Waals surface area (Å²) in [5.41, 5.74) is -0.864. The van der Waals surface area contributed by atoms with Crippen LogP contribution in [0.25, 0.3) is 0 Å². The van der Waals surface area contributed by atoms with Gasteiger partial charge in [0.1, 0.15) is 18.1 Å². The van der Waals surface area contributed by atoms with E-state index in [1.165, 1.54) is 14.0 Å². The second kappa shape index (κ2) is 5.34. The fourth-order valence-electron chi connectivity index (χ4n) is 3.02. The third-order valence-electron chi connectivity index (χ3n) is 4.14. The van der Waals surface area contributed by atoms with Gasteiger partial charge in [-0.1, -0.05) is 12.8 Å². The van der Waals surface area contributed by atoms with Gasteiger partial charge in [-0.2, -0.15) is 0 Å². The molecule has 0 aromatic heterocycles. The number of aliphatic carboxylic acids is 1. The fraction of sp³-hybridized carbons (Fsp3) is 0.692. The molecule has 1 aliphatic carbocycles. The highest BCUT2D eigenvalue weighted by molar-refractivity contribution is 6.10. The topological polar surface area (TPSA) is 107 Å². The highest BCUT2D eigenvalue weighted by atomic mass is 16.4. The van der Waals surface area contributed by atoms with Crippen molar-refractivity contribution in [2.45, 2.75) is 44.2 Å². The predicted octanol–water partition coefficient (Wildman–Crippen LogP) is -0.217. The molecule has 0 bridgehead atoms. The number of hydrogen-bond acceptors (Lipinski definition) is 4. The Bertz CT molecular complexity index is 498. The zero-order valence-electron chi connectivity index (χ0n) is 12.1. The predicted molar refractivity (Wildman–Crippen MR) is 71.3 cm³/mol. The molecule has 1 aliphatic heterocycles. The number of likely N-dealkylation sites (N-methyl/N-ethyl adjacent to an activating group) is 1. The third kappa shape index (κ3) is 2.57. The van der Waals surface area contributed by atoms with Crippen LogP contribution in [0.4, 0.5) is 4.79 Å². The molecule has 0 aromatic carbocycles. The largest absolute Gasteiger partial charge is 0.480 e. The molecule has 0 radical (unpaired) electrons. The average molecular weight is 297 g/mol. The maximum atomic E-state index is 12.5. The van der Waals surface area contributed by atoms with E-state index in [9.17, 15) is 19.2 Å². The summed E-state index contributed by atoms with van der Waals surface area (Å²) in [6, 6.07) is -1.59. The molecule has 2 aliphatic rings. The van der Waals surface area contributed by atoms with Crippen molar-refractivity contribution in [2.75, 3.05) is 13.6 Å². The number of nitrogens with one attached hydrogen (secondary N) is 1. The summed E-state index contributed by atoms with van der Waals surface area (Å²) >= 11 is 0. The Labute approximate surface area is 122 Å². The SMILES string of the molecule is CC(C(=O)N(C)CC(=O)O)N1C(=O)NC2(CCCC2)C1=O. The van der Waals surface area contributed by atoms with E-state index in [0.29, 0.717) is 12.8 Å². The Morgan fingerprint density at radius 3 is 2.48 bits per heavy atom. The van der Waals surface area contributed by atoms with Gasteiger partial charge in [0.05, 0.1) is 0 Å². The molecule has 1 spiro atoms. The number of nitrogens with zero attached hydrogens (tertiary/aromatic N) is 2. The lowest BCUT2D eigenvalue weighted by Gasteiger charge is -2.26. The van der Waals surface area contributed by atoms with Gasteiger partial charge in [-0.25, -0.2) is 9.69 Å². The smallest absolute Gasteiger partial charge is 0.325 e. The van der Waals surface area contributed by atoms with Gasteiger partial charge in [0.2, 0.25) is 5.91 Å². The van der Waals surface area contributed by atoms with Gasteiger partial charge in [-0.15, -0.1) is 0 Å². The molecular formula is C13H19N3O5. The minimum atomic E-state index is -1.15. The first-order valence-corrected chi connectivity index (χ1v) is 6.91. The van der Waals surface area contributed by atoms with Crippen LogP contribution in [0.15, 0.2) is 0 Å². The number of amides is 4. The van der Waals surface area contributed by atoms with Crippen molar-refractivity contribution in [2.24, 2.45) is 0 Å². The number of rotatable bonds is 4.